The van der Waals surface area contributed by atoms with Crippen molar-refractivity contribution in [1.82, 2.24) is 4.98 Å². The Hall–Kier alpha value is -0.900. The summed E-state index contributed by atoms with van der Waals surface area (Å²) >= 11 is 1.45. The highest BCUT2D eigenvalue weighted by molar-refractivity contribution is 7.13. The molecule has 14 heavy (non-hydrogen) atoms. The van der Waals surface area contributed by atoms with E-state index in [9.17, 15) is 4.79 Å². The van der Waals surface area contributed by atoms with Crippen molar-refractivity contribution >= 4 is 22.4 Å². The zero-order chi connectivity index (χ0) is 11.1. The number of carbonyl (C=O) groups excluding carboxylic acids is 1. The van der Waals surface area contributed by atoms with Crippen LogP contribution in [0.15, 0.2) is 5.38 Å². The smallest absolute Gasteiger partial charge is 0.228 e. The SMILES string of the molecule is CC.Cc1csc(NC(=O)C(C)C)n1. The molecule has 0 bridgehead atoms. The van der Waals surface area contributed by atoms with Gasteiger partial charge in [0.15, 0.2) is 5.13 Å². The van der Waals surface area contributed by atoms with Crippen molar-refractivity contribution in [2.24, 2.45) is 5.92 Å². The van der Waals surface area contributed by atoms with Gasteiger partial charge in [-0.3, -0.25) is 4.79 Å². The minimum Gasteiger partial charge on any atom is -0.302 e. The van der Waals surface area contributed by atoms with Crippen LogP contribution in [0.2, 0.25) is 0 Å². The number of rotatable bonds is 2. The van der Waals surface area contributed by atoms with Gasteiger partial charge in [-0.25, -0.2) is 4.98 Å². The van der Waals surface area contributed by atoms with Gasteiger partial charge in [-0.15, -0.1) is 11.3 Å². The van der Waals surface area contributed by atoms with Crippen molar-refractivity contribution in [1.29, 1.82) is 0 Å². The normalized spacial score (nSPS) is 9.29. The Labute approximate surface area is 89.6 Å². The molecule has 1 heterocycles. The summed E-state index contributed by atoms with van der Waals surface area (Å²) in [6.45, 7) is 9.62. The lowest BCUT2D eigenvalue weighted by atomic mass is 10.2. The number of anilines is 1. The molecule has 0 spiro atoms. The lowest BCUT2D eigenvalue weighted by molar-refractivity contribution is -0.118. The van der Waals surface area contributed by atoms with Crippen LogP contribution in [0, 0.1) is 12.8 Å². The van der Waals surface area contributed by atoms with Gasteiger partial charge in [0.25, 0.3) is 0 Å². The highest BCUT2D eigenvalue weighted by Gasteiger charge is 2.08. The van der Waals surface area contributed by atoms with Crippen LogP contribution >= 0.6 is 11.3 Å². The maximum Gasteiger partial charge on any atom is 0.228 e. The van der Waals surface area contributed by atoms with Crippen LogP contribution in [0.3, 0.4) is 0 Å². The van der Waals surface area contributed by atoms with E-state index in [-0.39, 0.29) is 11.8 Å². The van der Waals surface area contributed by atoms with Gasteiger partial charge in [0.2, 0.25) is 5.91 Å². The Morgan fingerprint density at radius 1 is 1.50 bits per heavy atom. The molecule has 4 heteroatoms. The lowest BCUT2D eigenvalue weighted by Crippen LogP contribution is -2.17. The molecule has 0 atom stereocenters. The van der Waals surface area contributed by atoms with Gasteiger partial charge in [0, 0.05) is 11.3 Å². The summed E-state index contributed by atoms with van der Waals surface area (Å²) in [5.41, 5.74) is 0.944. The van der Waals surface area contributed by atoms with Gasteiger partial charge in [0.05, 0.1) is 5.69 Å². The third kappa shape index (κ3) is 4.37. The Morgan fingerprint density at radius 2 is 2.07 bits per heavy atom. The van der Waals surface area contributed by atoms with Gasteiger partial charge in [-0.1, -0.05) is 27.7 Å². The molecule has 1 rings (SSSR count). The average Bonchev–Trinajstić information content (AvgIpc) is 2.54. The molecule has 3 nitrogen and oxygen atoms in total. The Kier molecular flexibility index (Phi) is 6.12. The van der Waals surface area contributed by atoms with E-state index < -0.39 is 0 Å². The summed E-state index contributed by atoms with van der Waals surface area (Å²) in [6, 6.07) is 0. The van der Waals surface area contributed by atoms with Gasteiger partial charge in [-0.05, 0) is 6.92 Å². The minimum absolute atomic E-state index is 0.00852. The monoisotopic (exact) mass is 214 g/mol. The second-order valence-corrected chi connectivity index (χ2v) is 3.80. The van der Waals surface area contributed by atoms with Crippen molar-refractivity contribution in [3.8, 4) is 0 Å². The molecule has 1 aromatic heterocycles. The maximum absolute atomic E-state index is 11.2. The fraction of sp³-hybridized carbons (Fsp3) is 0.600. The van der Waals surface area contributed by atoms with E-state index in [1.54, 1.807) is 0 Å². The van der Waals surface area contributed by atoms with E-state index in [2.05, 4.69) is 10.3 Å². The number of thiazole rings is 1. The summed E-state index contributed by atoms with van der Waals surface area (Å²) in [7, 11) is 0. The Balaban J connectivity index is 0.000000791. The molecule has 0 fully saturated rings. The number of hydrogen-bond acceptors (Lipinski definition) is 3. The number of aromatic nitrogens is 1. The van der Waals surface area contributed by atoms with E-state index in [4.69, 9.17) is 0 Å². The first-order chi connectivity index (χ1) is 6.59. The first-order valence-corrected chi connectivity index (χ1v) is 5.70. The van der Waals surface area contributed by atoms with E-state index >= 15 is 0 Å². The van der Waals surface area contributed by atoms with Crippen molar-refractivity contribution in [3.05, 3.63) is 11.1 Å². The fourth-order valence-electron chi connectivity index (χ4n) is 0.661. The molecular weight excluding hydrogens is 196 g/mol. The van der Waals surface area contributed by atoms with E-state index in [0.717, 1.165) is 5.69 Å². The standard InChI is InChI=1S/C8H12N2OS.C2H6/c1-5(2)7(11)10-8-9-6(3)4-12-8;1-2/h4-5H,1-3H3,(H,9,10,11);1-2H3. The predicted molar refractivity (Wildman–Crippen MR) is 61.7 cm³/mol. The van der Waals surface area contributed by atoms with Crippen molar-refractivity contribution in [2.75, 3.05) is 5.32 Å². The molecule has 0 aliphatic rings. The number of hydrogen-bond donors (Lipinski definition) is 1. The summed E-state index contributed by atoms with van der Waals surface area (Å²) in [5.74, 6) is 0.0264. The molecule has 0 aromatic carbocycles. The summed E-state index contributed by atoms with van der Waals surface area (Å²) in [6.07, 6.45) is 0. The minimum atomic E-state index is 0.00852. The summed E-state index contributed by atoms with van der Waals surface area (Å²) in [4.78, 5) is 15.3. The largest absolute Gasteiger partial charge is 0.302 e. The zero-order valence-electron chi connectivity index (χ0n) is 9.42. The van der Waals surface area contributed by atoms with E-state index in [1.165, 1.54) is 11.3 Å². The third-order valence-corrected chi connectivity index (χ3v) is 2.25. The zero-order valence-corrected chi connectivity index (χ0v) is 10.2. The summed E-state index contributed by atoms with van der Waals surface area (Å²) < 4.78 is 0. The first kappa shape index (κ1) is 13.1. The number of aryl methyl sites for hydroxylation is 1. The molecule has 0 saturated heterocycles. The Bertz CT molecular complexity index is 281. The van der Waals surface area contributed by atoms with Crippen LogP contribution in [-0.4, -0.2) is 10.9 Å². The van der Waals surface area contributed by atoms with Gasteiger partial charge in [0.1, 0.15) is 0 Å². The average molecular weight is 214 g/mol. The van der Waals surface area contributed by atoms with E-state index in [0.29, 0.717) is 5.13 Å². The highest BCUT2D eigenvalue weighted by Crippen LogP contribution is 2.14. The molecule has 1 aromatic rings. The van der Waals surface area contributed by atoms with Crippen LogP contribution in [0.1, 0.15) is 33.4 Å². The molecule has 0 aliphatic heterocycles. The van der Waals surface area contributed by atoms with Gasteiger partial charge >= 0.3 is 0 Å². The molecular formula is C10H18N2OS. The van der Waals surface area contributed by atoms with Crippen molar-refractivity contribution < 1.29 is 4.79 Å². The lowest BCUT2D eigenvalue weighted by Gasteiger charge is -2.02. The fourth-order valence-corrected chi connectivity index (χ4v) is 1.35. The third-order valence-electron chi connectivity index (χ3n) is 1.37. The van der Waals surface area contributed by atoms with Gasteiger partial charge in [-0.2, -0.15) is 0 Å². The summed E-state index contributed by atoms with van der Waals surface area (Å²) in [5, 5.41) is 5.33. The molecule has 1 amide bonds. The molecule has 80 valence electrons. The number of carbonyl (C=O) groups is 1. The van der Waals surface area contributed by atoms with Crippen LogP contribution in [0.4, 0.5) is 5.13 Å². The quantitative estimate of drug-likeness (QED) is 0.822. The van der Waals surface area contributed by atoms with Crippen LogP contribution in [-0.2, 0) is 4.79 Å². The van der Waals surface area contributed by atoms with Gasteiger partial charge < -0.3 is 5.32 Å². The van der Waals surface area contributed by atoms with Crippen LogP contribution in [0.25, 0.3) is 0 Å². The van der Waals surface area contributed by atoms with Crippen LogP contribution < -0.4 is 5.32 Å². The highest BCUT2D eigenvalue weighted by atomic mass is 32.1. The Morgan fingerprint density at radius 3 is 2.43 bits per heavy atom. The molecule has 0 saturated carbocycles. The second-order valence-electron chi connectivity index (χ2n) is 2.94. The van der Waals surface area contributed by atoms with Crippen LogP contribution in [0.5, 0.6) is 0 Å². The number of nitrogens with zero attached hydrogens (tertiary/aromatic N) is 1. The molecule has 1 N–H and O–H groups in total. The van der Waals surface area contributed by atoms with Crippen molar-refractivity contribution in [3.63, 3.8) is 0 Å². The molecule has 0 unspecified atom stereocenters. The predicted octanol–water partition coefficient (Wildman–Crippen LogP) is 3.07. The maximum atomic E-state index is 11.2. The number of amides is 1. The molecule has 0 radical (unpaired) electrons. The topological polar surface area (TPSA) is 42.0 Å². The molecule has 0 aliphatic carbocycles. The second kappa shape index (κ2) is 6.54. The van der Waals surface area contributed by atoms with Crippen molar-refractivity contribution in [2.45, 2.75) is 34.6 Å². The van der Waals surface area contributed by atoms with E-state index in [1.807, 2.05) is 40.0 Å². The first-order valence-electron chi connectivity index (χ1n) is 4.82. The number of nitrogens with one attached hydrogen (secondary N) is 1.